The van der Waals surface area contributed by atoms with Crippen LogP contribution in [0.4, 0.5) is 0 Å². The molecule has 2 atom stereocenters. The molecule has 0 aromatic heterocycles. The molecule has 2 N–H and O–H groups in total. The van der Waals surface area contributed by atoms with Gasteiger partial charge in [-0.1, -0.05) is 30.3 Å². The average Bonchev–Trinajstić information content (AvgIpc) is 2.57. The largest absolute Gasteiger partial charge is 0.357 e. The van der Waals surface area contributed by atoms with Gasteiger partial charge < -0.3 is 10.6 Å². The second-order valence-corrected chi connectivity index (χ2v) is 8.32. The fourth-order valence-electron chi connectivity index (χ4n) is 2.46. The molecule has 1 aromatic carbocycles. The number of benzene rings is 1. The van der Waals surface area contributed by atoms with E-state index in [0.717, 1.165) is 23.8 Å². The Morgan fingerprint density at radius 2 is 2.17 bits per heavy atom. The summed E-state index contributed by atoms with van der Waals surface area (Å²) in [7, 11) is -0.865. The van der Waals surface area contributed by atoms with Crippen molar-refractivity contribution in [3.63, 3.8) is 0 Å². The molecule has 7 heteroatoms. The standard InChI is InChI=1S/C17H27N3OS2.HI/c1-2-18-17(20-16-9-6-11-22-13-16)19-10-12-23(21)14-15-7-4-3-5-8-15;/h3-5,7-8,16H,2,6,9-14H2,1H3,(H2,18,19,20);1H. The molecule has 0 saturated carbocycles. The molecule has 1 aromatic rings. The summed E-state index contributed by atoms with van der Waals surface area (Å²) in [6.07, 6.45) is 2.47. The fourth-order valence-corrected chi connectivity index (χ4v) is 4.53. The van der Waals surface area contributed by atoms with Crippen LogP contribution in [0.1, 0.15) is 25.3 Å². The Morgan fingerprint density at radius 1 is 1.38 bits per heavy atom. The summed E-state index contributed by atoms with van der Waals surface area (Å²) in [4.78, 5) is 4.58. The van der Waals surface area contributed by atoms with Gasteiger partial charge in [0.05, 0.1) is 6.54 Å². The monoisotopic (exact) mass is 481 g/mol. The molecule has 4 nitrogen and oxygen atoms in total. The van der Waals surface area contributed by atoms with Gasteiger partial charge in [0.15, 0.2) is 5.96 Å². The number of nitrogens with zero attached hydrogens (tertiary/aromatic N) is 1. The van der Waals surface area contributed by atoms with Crippen molar-refractivity contribution in [1.29, 1.82) is 0 Å². The highest BCUT2D eigenvalue weighted by Gasteiger charge is 2.14. The molecule has 1 aliphatic rings. The summed E-state index contributed by atoms with van der Waals surface area (Å²) < 4.78 is 12.1. The first-order chi connectivity index (χ1) is 11.3. The number of rotatable bonds is 7. The molecular formula is C17H28IN3OS2. The molecule has 1 aliphatic heterocycles. The van der Waals surface area contributed by atoms with Crippen LogP contribution in [0.25, 0.3) is 0 Å². The van der Waals surface area contributed by atoms with Crippen LogP contribution in [0.5, 0.6) is 0 Å². The Balaban J connectivity index is 0.00000288. The predicted octanol–water partition coefficient (Wildman–Crippen LogP) is 3.00. The average molecular weight is 481 g/mol. The normalized spacial score (nSPS) is 19.2. The summed E-state index contributed by atoms with van der Waals surface area (Å²) in [6.45, 7) is 3.51. The number of halogens is 1. The van der Waals surface area contributed by atoms with E-state index in [1.807, 2.05) is 42.1 Å². The van der Waals surface area contributed by atoms with Gasteiger partial charge in [-0.15, -0.1) is 24.0 Å². The zero-order valence-electron chi connectivity index (χ0n) is 14.2. The first-order valence-corrected chi connectivity index (χ1v) is 10.9. The number of guanidine groups is 1. The van der Waals surface area contributed by atoms with Crippen LogP contribution in [0.15, 0.2) is 35.3 Å². The zero-order valence-corrected chi connectivity index (χ0v) is 18.2. The van der Waals surface area contributed by atoms with E-state index in [9.17, 15) is 4.21 Å². The topological polar surface area (TPSA) is 53.5 Å². The van der Waals surface area contributed by atoms with E-state index in [2.05, 4.69) is 22.5 Å². The maximum atomic E-state index is 12.1. The predicted molar refractivity (Wildman–Crippen MR) is 118 cm³/mol. The van der Waals surface area contributed by atoms with Gasteiger partial charge in [0.1, 0.15) is 0 Å². The zero-order chi connectivity index (χ0) is 16.3. The minimum absolute atomic E-state index is 0. The number of hydrogen-bond acceptors (Lipinski definition) is 3. The van der Waals surface area contributed by atoms with Gasteiger partial charge in [-0.3, -0.25) is 9.20 Å². The van der Waals surface area contributed by atoms with Crippen molar-refractivity contribution in [2.45, 2.75) is 31.6 Å². The van der Waals surface area contributed by atoms with Crippen LogP contribution in [-0.4, -0.2) is 46.6 Å². The second kappa shape index (κ2) is 13.0. The lowest BCUT2D eigenvalue weighted by molar-refractivity contribution is 0.582. The van der Waals surface area contributed by atoms with Crippen molar-refractivity contribution in [3.05, 3.63) is 35.9 Å². The highest BCUT2D eigenvalue weighted by atomic mass is 127. The SMILES string of the molecule is CCNC(=NCCS(=O)Cc1ccccc1)NC1CCCSC1.I. The van der Waals surface area contributed by atoms with Gasteiger partial charge in [-0.05, 0) is 31.1 Å². The van der Waals surface area contributed by atoms with E-state index in [-0.39, 0.29) is 24.0 Å². The molecule has 1 saturated heterocycles. The summed E-state index contributed by atoms with van der Waals surface area (Å²) in [5, 5.41) is 6.78. The Labute approximate surface area is 169 Å². The number of nitrogens with one attached hydrogen (secondary N) is 2. The number of hydrogen-bond donors (Lipinski definition) is 2. The minimum Gasteiger partial charge on any atom is -0.357 e. The van der Waals surface area contributed by atoms with Crippen LogP contribution in [0.2, 0.25) is 0 Å². The van der Waals surface area contributed by atoms with Gasteiger partial charge in [0.25, 0.3) is 0 Å². The molecule has 0 radical (unpaired) electrons. The van der Waals surface area contributed by atoms with Gasteiger partial charge in [0.2, 0.25) is 0 Å². The first-order valence-electron chi connectivity index (χ1n) is 8.29. The van der Waals surface area contributed by atoms with Crippen molar-refractivity contribution >= 4 is 52.5 Å². The lowest BCUT2D eigenvalue weighted by Crippen LogP contribution is -2.45. The Hall–Kier alpha value is -0.280. The van der Waals surface area contributed by atoms with E-state index < -0.39 is 10.8 Å². The van der Waals surface area contributed by atoms with E-state index in [1.165, 1.54) is 18.6 Å². The van der Waals surface area contributed by atoms with Gasteiger partial charge in [-0.2, -0.15) is 11.8 Å². The van der Waals surface area contributed by atoms with Gasteiger partial charge in [-0.25, -0.2) is 0 Å². The highest BCUT2D eigenvalue weighted by Crippen LogP contribution is 2.16. The molecular weight excluding hydrogens is 453 g/mol. The van der Waals surface area contributed by atoms with Gasteiger partial charge >= 0.3 is 0 Å². The number of thioether (sulfide) groups is 1. The molecule has 24 heavy (non-hydrogen) atoms. The van der Waals surface area contributed by atoms with Crippen LogP contribution in [0.3, 0.4) is 0 Å². The second-order valence-electron chi connectivity index (χ2n) is 5.59. The molecule has 136 valence electrons. The van der Waals surface area contributed by atoms with E-state index in [0.29, 0.717) is 24.1 Å². The lowest BCUT2D eigenvalue weighted by atomic mass is 10.2. The van der Waals surface area contributed by atoms with E-state index in [1.54, 1.807) is 0 Å². The maximum absolute atomic E-state index is 12.1. The van der Waals surface area contributed by atoms with Gasteiger partial charge in [0, 0.05) is 40.6 Å². The van der Waals surface area contributed by atoms with E-state index in [4.69, 9.17) is 0 Å². The first kappa shape index (κ1) is 21.8. The molecule has 0 bridgehead atoms. The molecule has 2 rings (SSSR count). The van der Waals surface area contributed by atoms with Crippen molar-refractivity contribution in [2.75, 3.05) is 30.3 Å². The summed E-state index contributed by atoms with van der Waals surface area (Å²) in [6, 6.07) is 10.5. The van der Waals surface area contributed by atoms with E-state index >= 15 is 0 Å². The highest BCUT2D eigenvalue weighted by molar-refractivity contribution is 14.0. The van der Waals surface area contributed by atoms with Crippen molar-refractivity contribution in [3.8, 4) is 0 Å². The van der Waals surface area contributed by atoms with Crippen LogP contribution >= 0.6 is 35.7 Å². The smallest absolute Gasteiger partial charge is 0.191 e. The van der Waals surface area contributed by atoms with Crippen molar-refractivity contribution < 1.29 is 4.21 Å². The summed E-state index contributed by atoms with van der Waals surface area (Å²) in [5.74, 6) is 4.48. The summed E-state index contributed by atoms with van der Waals surface area (Å²) in [5.41, 5.74) is 1.12. The summed E-state index contributed by atoms with van der Waals surface area (Å²) >= 11 is 2.00. The third-order valence-electron chi connectivity index (χ3n) is 3.60. The minimum atomic E-state index is -0.865. The Bertz CT molecular complexity index is 508. The quantitative estimate of drug-likeness (QED) is 0.357. The molecule has 1 fully saturated rings. The van der Waals surface area contributed by atoms with Crippen LogP contribution in [-0.2, 0) is 16.6 Å². The molecule has 0 aliphatic carbocycles. The van der Waals surface area contributed by atoms with Crippen molar-refractivity contribution in [2.24, 2.45) is 4.99 Å². The third-order valence-corrected chi connectivity index (χ3v) is 6.11. The Kier molecular flexibility index (Phi) is 11.8. The number of aliphatic imine (C=N–C) groups is 1. The molecule has 1 heterocycles. The molecule has 2 unspecified atom stereocenters. The molecule has 0 spiro atoms. The lowest BCUT2D eigenvalue weighted by Gasteiger charge is -2.24. The molecule has 0 amide bonds. The van der Waals surface area contributed by atoms with Crippen molar-refractivity contribution in [1.82, 2.24) is 10.6 Å². The Morgan fingerprint density at radius 3 is 2.83 bits per heavy atom. The third kappa shape index (κ3) is 8.71. The maximum Gasteiger partial charge on any atom is 0.191 e. The fraction of sp³-hybridized carbons (Fsp3) is 0.588. The van der Waals surface area contributed by atoms with Crippen LogP contribution < -0.4 is 10.6 Å². The van der Waals surface area contributed by atoms with Crippen LogP contribution in [0, 0.1) is 0 Å².